The minimum atomic E-state index is -0.825. The lowest BCUT2D eigenvalue weighted by atomic mass is 10.0. The molecule has 18 heavy (non-hydrogen) atoms. The molecule has 0 aromatic carbocycles. The summed E-state index contributed by atoms with van der Waals surface area (Å²) in [7, 11) is 1.68. The van der Waals surface area contributed by atoms with Gasteiger partial charge in [-0.25, -0.2) is 0 Å². The summed E-state index contributed by atoms with van der Waals surface area (Å²) < 4.78 is 0. The van der Waals surface area contributed by atoms with Crippen molar-refractivity contribution in [2.75, 3.05) is 26.7 Å². The smallest absolute Gasteiger partial charge is 0.309 e. The van der Waals surface area contributed by atoms with Crippen LogP contribution in [-0.4, -0.2) is 59.0 Å². The zero-order chi connectivity index (χ0) is 13.9. The molecule has 1 fully saturated rings. The molecule has 0 saturated carbocycles. The molecule has 104 valence electrons. The minimum Gasteiger partial charge on any atom is -0.481 e. The topological polar surface area (TPSA) is 60.9 Å². The molecule has 0 aliphatic carbocycles. The first-order valence-corrected chi connectivity index (χ1v) is 6.54. The van der Waals surface area contributed by atoms with Crippen LogP contribution >= 0.6 is 0 Å². The maximum Gasteiger partial charge on any atom is 0.309 e. The van der Waals surface area contributed by atoms with E-state index in [1.54, 1.807) is 11.9 Å². The fourth-order valence-electron chi connectivity index (χ4n) is 2.44. The molecule has 1 N–H and O–H groups in total. The molecule has 0 aromatic heterocycles. The number of carboxylic acids is 1. The van der Waals surface area contributed by atoms with Crippen LogP contribution in [0.1, 0.15) is 33.6 Å². The van der Waals surface area contributed by atoms with Crippen LogP contribution in [0.4, 0.5) is 0 Å². The van der Waals surface area contributed by atoms with E-state index >= 15 is 0 Å². The standard InChI is InChI=1S/C13H24N2O3/c1-5-6-7-15-9-10(11(16)17)8-14(4)12(18)13(15,2)3/h10H,5-9H2,1-4H3,(H,16,17). The van der Waals surface area contributed by atoms with E-state index in [2.05, 4.69) is 6.92 Å². The predicted molar refractivity (Wildman–Crippen MR) is 69.3 cm³/mol. The summed E-state index contributed by atoms with van der Waals surface area (Å²) in [5.74, 6) is -1.33. The summed E-state index contributed by atoms with van der Waals surface area (Å²) in [6.07, 6.45) is 2.01. The number of carbonyl (C=O) groups excluding carboxylic acids is 1. The van der Waals surface area contributed by atoms with E-state index in [0.717, 1.165) is 19.4 Å². The highest BCUT2D eigenvalue weighted by molar-refractivity contribution is 5.86. The second kappa shape index (κ2) is 5.69. The number of hydrogen-bond donors (Lipinski definition) is 1. The molecule has 1 saturated heterocycles. The number of carboxylic acid groups (broad SMARTS) is 1. The monoisotopic (exact) mass is 256 g/mol. The Labute approximate surface area is 109 Å². The van der Waals surface area contributed by atoms with Gasteiger partial charge in [-0.1, -0.05) is 13.3 Å². The van der Waals surface area contributed by atoms with Gasteiger partial charge in [0, 0.05) is 20.1 Å². The molecule has 1 heterocycles. The second-order valence-corrected chi connectivity index (χ2v) is 5.58. The number of amides is 1. The van der Waals surface area contributed by atoms with Gasteiger partial charge in [-0.05, 0) is 26.8 Å². The zero-order valence-corrected chi connectivity index (χ0v) is 11.8. The zero-order valence-electron chi connectivity index (χ0n) is 11.8. The summed E-state index contributed by atoms with van der Waals surface area (Å²) in [6.45, 7) is 7.36. The molecular formula is C13H24N2O3. The Kier molecular flexibility index (Phi) is 4.73. The average Bonchev–Trinajstić information content (AvgIpc) is 2.37. The van der Waals surface area contributed by atoms with Crippen molar-refractivity contribution >= 4 is 11.9 Å². The van der Waals surface area contributed by atoms with Crippen molar-refractivity contribution in [3.63, 3.8) is 0 Å². The van der Waals surface area contributed by atoms with E-state index in [4.69, 9.17) is 0 Å². The Morgan fingerprint density at radius 2 is 2.06 bits per heavy atom. The number of hydrogen-bond acceptors (Lipinski definition) is 3. The summed E-state index contributed by atoms with van der Waals surface area (Å²) in [5, 5.41) is 9.22. The fourth-order valence-corrected chi connectivity index (χ4v) is 2.44. The molecule has 1 unspecified atom stereocenters. The fraction of sp³-hybridized carbons (Fsp3) is 0.846. The van der Waals surface area contributed by atoms with Gasteiger partial charge in [0.15, 0.2) is 0 Å². The maximum atomic E-state index is 12.3. The van der Waals surface area contributed by atoms with E-state index in [9.17, 15) is 14.7 Å². The van der Waals surface area contributed by atoms with Gasteiger partial charge in [-0.15, -0.1) is 0 Å². The first-order valence-electron chi connectivity index (χ1n) is 6.54. The third-order valence-electron chi connectivity index (χ3n) is 3.73. The van der Waals surface area contributed by atoms with Crippen LogP contribution in [0.5, 0.6) is 0 Å². The normalized spacial score (nSPS) is 25.0. The molecule has 1 aliphatic heterocycles. The lowest BCUT2D eigenvalue weighted by Crippen LogP contribution is -2.53. The highest BCUT2D eigenvalue weighted by Crippen LogP contribution is 2.24. The van der Waals surface area contributed by atoms with Gasteiger partial charge in [0.05, 0.1) is 11.5 Å². The van der Waals surface area contributed by atoms with Gasteiger partial charge in [0.1, 0.15) is 0 Å². The molecule has 1 amide bonds. The van der Waals surface area contributed by atoms with E-state index < -0.39 is 17.4 Å². The third-order valence-corrected chi connectivity index (χ3v) is 3.73. The van der Waals surface area contributed by atoms with Gasteiger partial charge < -0.3 is 10.0 Å². The van der Waals surface area contributed by atoms with Crippen molar-refractivity contribution in [1.29, 1.82) is 0 Å². The molecule has 1 atom stereocenters. The van der Waals surface area contributed by atoms with Crippen LogP contribution in [0, 0.1) is 5.92 Å². The number of likely N-dealkylation sites (N-methyl/N-ethyl adjacent to an activating group) is 1. The first kappa shape index (κ1) is 15.0. The number of rotatable bonds is 4. The van der Waals surface area contributed by atoms with Crippen LogP contribution in [0.2, 0.25) is 0 Å². The average molecular weight is 256 g/mol. The van der Waals surface area contributed by atoms with Crippen LogP contribution in [0.3, 0.4) is 0 Å². The highest BCUT2D eigenvalue weighted by Gasteiger charge is 2.42. The van der Waals surface area contributed by atoms with Crippen LogP contribution in [0.15, 0.2) is 0 Å². The number of carbonyl (C=O) groups is 2. The maximum absolute atomic E-state index is 12.3. The molecule has 1 aliphatic rings. The van der Waals surface area contributed by atoms with E-state index in [0.29, 0.717) is 13.1 Å². The van der Waals surface area contributed by atoms with Crippen LogP contribution < -0.4 is 0 Å². The molecule has 0 radical (unpaired) electrons. The Bertz CT molecular complexity index is 328. The van der Waals surface area contributed by atoms with Crippen molar-refractivity contribution < 1.29 is 14.7 Å². The Hall–Kier alpha value is -1.10. The van der Waals surface area contributed by atoms with Crippen LogP contribution in [0.25, 0.3) is 0 Å². The molecule has 1 rings (SSSR count). The molecule has 0 bridgehead atoms. The van der Waals surface area contributed by atoms with Crippen molar-refractivity contribution in [3.8, 4) is 0 Å². The summed E-state index contributed by atoms with van der Waals surface area (Å²) in [5.41, 5.74) is -0.617. The highest BCUT2D eigenvalue weighted by atomic mass is 16.4. The Morgan fingerprint density at radius 3 is 2.56 bits per heavy atom. The first-order chi connectivity index (χ1) is 8.30. The minimum absolute atomic E-state index is 0.00218. The van der Waals surface area contributed by atoms with Crippen molar-refractivity contribution in [3.05, 3.63) is 0 Å². The summed E-state index contributed by atoms with van der Waals surface area (Å²) in [4.78, 5) is 27.1. The van der Waals surface area contributed by atoms with Crippen molar-refractivity contribution in [2.45, 2.75) is 39.2 Å². The second-order valence-electron chi connectivity index (χ2n) is 5.58. The quantitative estimate of drug-likeness (QED) is 0.816. The SMILES string of the molecule is CCCCN1CC(C(=O)O)CN(C)C(=O)C1(C)C. The number of nitrogens with zero attached hydrogens (tertiary/aromatic N) is 2. The Balaban J connectivity index is 2.95. The van der Waals surface area contributed by atoms with Gasteiger partial charge in [0.25, 0.3) is 0 Å². The predicted octanol–water partition coefficient (Wildman–Crippen LogP) is 1.04. The van der Waals surface area contributed by atoms with Crippen molar-refractivity contribution in [1.82, 2.24) is 9.80 Å². The number of unbranched alkanes of at least 4 members (excludes halogenated alkanes) is 1. The summed E-state index contributed by atoms with van der Waals surface area (Å²) in [6, 6.07) is 0. The van der Waals surface area contributed by atoms with Gasteiger partial charge in [-0.3, -0.25) is 14.5 Å². The molecular weight excluding hydrogens is 232 g/mol. The third kappa shape index (κ3) is 3.02. The van der Waals surface area contributed by atoms with E-state index in [1.807, 2.05) is 18.7 Å². The molecule has 5 heteroatoms. The van der Waals surface area contributed by atoms with Gasteiger partial charge >= 0.3 is 5.97 Å². The van der Waals surface area contributed by atoms with Crippen molar-refractivity contribution in [2.24, 2.45) is 5.92 Å². The largest absolute Gasteiger partial charge is 0.481 e. The molecule has 5 nitrogen and oxygen atoms in total. The van der Waals surface area contributed by atoms with E-state index in [-0.39, 0.29) is 5.91 Å². The Morgan fingerprint density at radius 1 is 1.44 bits per heavy atom. The summed E-state index contributed by atoms with van der Waals surface area (Å²) >= 11 is 0. The molecule has 0 aromatic rings. The lowest BCUT2D eigenvalue weighted by Gasteiger charge is -2.36. The van der Waals surface area contributed by atoms with Gasteiger partial charge in [-0.2, -0.15) is 0 Å². The molecule has 0 spiro atoms. The number of aliphatic carboxylic acids is 1. The van der Waals surface area contributed by atoms with Gasteiger partial charge in [0.2, 0.25) is 5.91 Å². The lowest BCUT2D eigenvalue weighted by molar-refractivity contribution is -0.142. The van der Waals surface area contributed by atoms with E-state index in [1.165, 1.54) is 0 Å². The van der Waals surface area contributed by atoms with Crippen LogP contribution in [-0.2, 0) is 9.59 Å².